The number of H-pyrrole nitrogens is 1. The molecule has 0 saturated heterocycles. The lowest BCUT2D eigenvalue weighted by Gasteiger charge is -2.09. The first-order valence-electron chi connectivity index (χ1n) is 7.32. The van der Waals surface area contributed by atoms with E-state index in [0.29, 0.717) is 33.5 Å². The fraction of sp³-hybridized carbons (Fsp3) is 0.188. The second-order valence-corrected chi connectivity index (χ2v) is 6.19. The molecule has 2 amide bonds. The summed E-state index contributed by atoms with van der Waals surface area (Å²) in [5.41, 5.74) is 4.92. The van der Waals surface area contributed by atoms with Gasteiger partial charge in [-0.15, -0.1) is 0 Å². The van der Waals surface area contributed by atoms with Crippen LogP contribution in [0, 0.1) is 4.64 Å². The van der Waals surface area contributed by atoms with E-state index in [2.05, 4.69) is 15.8 Å². The molecule has 2 rings (SSSR count). The van der Waals surface area contributed by atoms with Gasteiger partial charge in [-0.05, 0) is 36.8 Å². The molecule has 1 aromatic heterocycles. The highest BCUT2D eigenvalue weighted by atomic mass is 35.5. The van der Waals surface area contributed by atoms with Gasteiger partial charge in [0.05, 0.1) is 17.2 Å². The Morgan fingerprint density at radius 1 is 1.20 bits per heavy atom. The van der Waals surface area contributed by atoms with Crippen LogP contribution in [0.2, 0.25) is 10.0 Å². The Balaban J connectivity index is 1.70. The number of amides is 2. The third-order valence-electron chi connectivity index (χ3n) is 3.08. The minimum atomic E-state index is -0.487. The molecule has 3 N–H and O–H groups in total. The van der Waals surface area contributed by atoms with Gasteiger partial charge in [0, 0.05) is 17.6 Å². The number of halogens is 2. The number of hydrazine groups is 1. The van der Waals surface area contributed by atoms with Crippen molar-refractivity contribution in [1.82, 2.24) is 15.8 Å². The van der Waals surface area contributed by atoms with Gasteiger partial charge in [-0.3, -0.25) is 20.4 Å². The minimum absolute atomic E-state index is 0.174. The van der Waals surface area contributed by atoms with Crippen LogP contribution in [0.1, 0.15) is 23.2 Å². The molecule has 1 aromatic carbocycles. The van der Waals surface area contributed by atoms with E-state index in [1.54, 1.807) is 36.5 Å². The van der Waals surface area contributed by atoms with Crippen LogP contribution < -0.4 is 15.6 Å². The van der Waals surface area contributed by atoms with Crippen LogP contribution in [0.25, 0.3) is 0 Å². The third kappa shape index (κ3) is 6.04. The van der Waals surface area contributed by atoms with Crippen LogP contribution in [-0.2, 0) is 4.79 Å². The fourth-order valence-electron chi connectivity index (χ4n) is 1.86. The van der Waals surface area contributed by atoms with Crippen molar-refractivity contribution in [1.29, 1.82) is 0 Å². The number of carbonyl (C=O) groups excluding carboxylic acids is 2. The first-order valence-corrected chi connectivity index (χ1v) is 8.48. The Hall–Kier alpha value is -2.09. The van der Waals surface area contributed by atoms with E-state index in [4.69, 9.17) is 40.2 Å². The maximum absolute atomic E-state index is 11.9. The zero-order chi connectivity index (χ0) is 18.2. The van der Waals surface area contributed by atoms with E-state index in [-0.39, 0.29) is 17.9 Å². The van der Waals surface area contributed by atoms with Crippen molar-refractivity contribution in [3.8, 4) is 5.75 Å². The van der Waals surface area contributed by atoms with Crippen LogP contribution >= 0.6 is 35.4 Å². The number of hydrogen-bond donors (Lipinski definition) is 3. The monoisotopic (exact) mass is 399 g/mol. The predicted molar refractivity (Wildman–Crippen MR) is 98.4 cm³/mol. The summed E-state index contributed by atoms with van der Waals surface area (Å²) in [6, 6.07) is 8.11. The lowest BCUT2D eigenvalue weighted by atomic mass is 10.3. The van der Waals surface area contributed by atoms with Crippen LogP contribution in [0.3, 0.4) is 0 Å². The van der Waals surface area contributed by atoms with Crippen LogP contribution in [0.15, 0.2) is 36.5 Å². The molecule has 9 heteroatoms. The van der Waals surface area contributed by atoms with Gasteiger partial charge in [-0.25, -0.2) is 0 Å². The summed E-state index contributed by atoms with van der Waals surface area (Å²) in [5, 5.41) is 0.925. The van der Waals surface area contributed by atoms with Crippen molar-refractivity contribution in [2.75, 3.05) is 6.61 Å². The molecule has 0 spiro atoms. The average Bonchev–Trinajstić information content (AvgIpc) is 2.58. The van der Waals surface area contributed by atoms with E-state index in [9.17, 15) is 9.59 Å². The highest BCUT2D eigenvalue weighted by Gasteiger charge is 2.09. The van der Waals surface area contributed by atoms with Crippen LogP contribution in [0.4, 0.5) is 0 Å². The van der Waals surface area contributed by atoms with Gasteiger partial charge in [0.1, 0.15) is 10.4 Å². The van der Waals surface area contributed by atoms with Crippen molar-refractivity contribution in [2.45, 2.75) is 12.8 Å². The first kappa shape index (κ1) is 19.2. The van der Waals surface area contributed by atoms with Crippen molar-refractivity contribution in [3.05, 3.63) is 56.8 Å². The van der Waals surface area contributed by atoms with E-state index in [1.807, 2.05) is 0 Å². The maximum atomic E-state index is 11.9. The van der Waals surface area contributed by atoms with Gasteiger partial charge in [0.25, 0.3) is 5.91 Å². The Kier molecular flexibility index (Phi) is 7.24. The number of hydrogen-bond acceptors (Lipinski definition) is 4. The SMILES string of the molecule is O=C(CCCOc1ccc(Cl)cc1Cl)NNC(=O)c1ccc[nH]c1=S. The highest BCUT2D eigenvalue weighted by molar-refractivity contribution is 7.71. The van der Waals surface area contributed by atoms with Crippen LogP contribution in [0.5, 0.6) is 5.75 Å². The Bertz CT molecular complexity index is 826. The number of rotatable bonds is 6. The molecule has 2 aromatic rings. The summed E-state index contributed by atoms with van der Waals surface area (Å²) in [4.78, 5) is 26.4. The first-order chi connectivity index (χ1) is 12.0. The molecule has 0 atom stereocenters. The lowest BCUT2D eigenvalue weighted by molar-refractivity contribution is -0.122. The molecular formula is C16H15Cl2N3O3S. The average molecular weight is 400 g/mol. The number of aromatic amines is 1. The van der Waals surface area contributed by atoms with Gasteiger partial charge in [0.15, 0.2) is 0 Å². The van der Waals surface area contributed by atoms with E-state index in [1.165, 1.54) is 0 Å². The topological polar surface area (TPSA) is 83.2 Å². The van der Waals surface area contributed by atoms with Gasteiger partial charge in [-0.1, -0.05) is 35.4 Å². The number of ether oxygens (including phenoxy) is 1. The Morgan fingerprint density at radius 3 is 2.72 bits per heavy atom. The molecule has 0 aliphatic rings. The van der Waals surface area contributed by atoms with Crippen molar-refractivity contribution in [3.63, 3.8) is 0 Å². The van der Waals surface area contributed by atoms with E-state index in [0.717, 1.165) is 0 Å². The van der Waals surface area contributed by atoms with Gasteiger partial charge in [0.2, 0.25) is 5.91 Å². The smallest absolute Gasteiger partial charge is 0.272 e. The summed E-state index contributed by atoms with van der Waals surface area (Å²) >= 11 is 16.8. The molecule has 25 heavy (non-hydrogen) atoms. The molecule has 0 aliphatic carbocycles. The summed E-state index contributed by atoms with van der Waals surface area (Å²) in [5.74, 6) is -0.331. The number of pyridine rings is 1. The second kappa shape index (κ2) is 9.41. The number of aromatic nitrogens is 1. The Morgan fingerprint density at radius 2 is 2.00 bits per heavy atom. The van der Waals surface area contributed by atoms with E-state index < -0.39 is 5.91 Å². The second-order valence-electron chi connectivity index (χ2n) is 4.94. The summed E-state index contributed by atoms with van der Waals surface area (Å²) in [7, 11) is 0. The van der Waals surface area contributed by atoms with Gasteiger partial charge < -0.3 is 9.72 Å². The third-order valence-corrected chi connectivity index (χ3v) is 3.95. The lowest BCUT2D eigenvalue weighted by Crippen LogP contribution is -2.41. The van der Waals surface area contributed by atoms with Crippen molar-refractivity contribution < 1.29 is 14.3 Å². The van der Waals surface area contributed by atoms with Gasteiger partial charge in [-0.2, -0.15) is 0 Å². The zero-order valence-electron chi connectivity index (χ0n) is 13.0. The number of carbonyl (C=O) groups is 2. The largest absolute Gasteiger partial charge is 0.492 e. The molecule has 132 valence electrons. The fourth-order valence-corrected chi connectivity index (χ4v) is 2.56. The Labute approximate surface area is 159 Å². The molecule has 0 fully saturated rings. The zero-order valence-corrected chi connectivity index (χ0v) is 15.3. The predicted octanol–water partition coefficient (Wildman–Crippen LogP) is 3.67. The molecule has 0 aliphatic heterocycles. The summed E-state index contributed by atoms with van der Waals surface area (Å²) in [6.07, 6.45) is 2.24. The number of benzene rings is 1. The van der Waals surface area contributed by atoms with Crippen molar-refractivity contribution >= 4 is 47.2 Å². The van der Waals surface area contributed by atoms with Gasteiger partial charge >= 0.3 is 0 Å². The highest BCUT2D eigenvalue weighted by Crippen LogP contribution is 2.27. The quantitative estimate of drug-likeness (QED) is 0.393. The normalized spacial score (nSPS) is 10.2. The molecular weight excluding hydrogens is 385 g/mol. The summed E-state index contributed by atoms with van der Waals surface area (Å²) in [6.45, 7) is 0.298. The molecule has 0 radical (unpaired) electrons. The van der Waals surface area contributed by atoms with E-state index >= 15 is 0 Å². The minimum Gasteiger partial charge on any atom is -0.492 e. The molecule has 6 nitrogen and oxygen atoms in total. The standard InChI is InChI=1S/C16H15Cl2N3O3S/c17-10-5-6-13(12(18)9-10)24-8-2-4-14(22)20-21-15(23)11-3-1-7-19-16(11)25/h1,3,5-7,9H,2,4,8H2,(H,19,25)(H,20,22)(H,21,23). The molecule has 0 saturated carbocycles. The molecule has 1 heterocycles. The molecule has 0 bridgehead atoms. The maximum Gasteiger partial charge on any atom is 0.272 e. The summed E-state index contributed by atoms with van der Waals surface area (Å²) < 4.78 is 5.77. The van der Waals surface area contributed by atoms with Crippen LogP contribution in [-0.4, -0.2) is 23.4 Å². The number of nitrogens with one attached hydrogen (secondary N) is 3. The molecule has 0 unspecified atom stereocenters. The van der Waals surface area contributed by atoms with Crippen molar-refractivity contribution in [2.24, 2.45) is 0 Å².